The molecule has 0 aromatic carbocycles. The molecule has 92 valence electrons. The molecule has 0 aromatic rings. The summed E-state index contributed by atoms with van der Waals surface area (Å²) >= 11 is 0. The zero-order chi connectivity index (χ0) is 11.4. The molecule has 0 atom stereocenters. The van der Waals surface area contributed by atoms with Gasteiger partial charge in [-0.15, -0.1) is 0 Å². The van der Waals surface area contributed by atoms with Crippen LogP contribution in [-0.2, 0) is 9.53 Å². The number of nitrogens with zero attached hydrogens (tertiary/aromatic N) is 1. The first kappa shape index (κ1) is 11.9. The van der Waals surface area contributed by atoms with E-state index in [4.69, 9.17) is 4.74 Å². The molecule has 1 saturated heterocycles. The van der Waals surface area contributed by atoms with Crippen LogP contribution in [0.5, 0.6) is 0 Å². The van der Waals surface area contributed by atoms with Gasteiger partial charge >= 0.3 is 0 Å². The number of carbonyl (C=O) groups excluding carboxylic acids is 1. The van der Waals surface area contributed by atoms with Gasteiger partial charge in [-0.1, -0.05) is 12.8 Å². The predicted molar refractivity (Wildman–Crippen MR) is 62.2 cm³/mol. The zero-order valence-electron chi connectivity index (χ0n) is 10.1. The molecule has 1 aliphatic carbocycles. The number of hydrogen-bond donors (Lipinski definition) is 1. The molecule has 0 spiro atoms. The van der Waals surface area contributed by atoms with Gasteiger partial charge < -0.3 is 15.0 Å². The van der Waals surface area contributed by atoms with Crippen LogP contribution in [0, 0.1) is 5.41 Å². The Morgan fingerprint density at radius 1 is 1.31 bits per heavy atom. The first-order valence-electron chi connectivity index (χ1n) is 6.27. The average molecular weight is 226 g/mol. The molecule has 4 nitrogen and oxygen atoms in total. The van der Waals surface area contributed by atoms with E-state index < -0.39 is 0 Å². The van der Waals surface area contributed by atoms with Crippen molar-refractivity contribution in [3.05, 3.63) is 0 Å². The Hall–Kier alpha value is -0.610. The molecule has 2 aliphatic rings. The summed E-state index contributed by atoms with van der Waals surface area (Å²) in [6, 6.07) is 0. The molecule has 1 aliphatic heterocycles. The number of carbonyl (C=O) groups is 1. The van der Waals surface area contributed by atoms with Crippen LogP contribution < -0.4 is 5.32 Å². The van der Waals surface area contributed by atoms with Gasteiger partial charge in [0, 0.05) is 33.3 Å². The lowest BCUT2D eigenvalue weighted by atomic mass is 9.85. The molecule has 1 saturated carbocycles. The fourth-order valence-electron chi connectivity index (χ4n) is 2.95. The number of methoxy groups -OCH3 is 1. The van der Waals surface area contributed by atoms with Gasteiger partial charge in [-0.3, -0.25) is 4.79 Å². The number of piperazine rings is 1. The quantitative estimate of drug-likeness (QED) is 0.767. The third-order valence-corrected chi connectivity index (χ3v) is 3.84. The van der Waals surface area contributed by atoms with Crippen molar-refractivity contribution in [1.82, 2.24) is 10.2 Å². The van der Waals surface area contributed by atoms with Gasteiger partial charge in [0.05, 0.1) is 12.0 Å². The summed E-state index contributed by atoms with van der Waals surface area (Å²) in [7, 11) is 1.70. The van der Waals surface area contributed by atoms with E-state index in [2.05, 4.69) is 5.32 Å². The highest BCUT2D eigenvalue weighted by molar-refractivity contribution is 5.83. The Kier molecular flexibility index (Phi) is 3.82. The summed E-state index contributed by atoms with van der Waals surface area (Å²) in [5.41, 5.74) is -0.202. The topological polar surface area (TPSA) is 41.6 Å². The Bertz CT molecular complexity index is 243. The van der Waals surface area contributed by atoms with Crippen LogP contribution in [0.4, 0.5) is 0 Å². The molecular formula is C12H22N2O2. The number of hydrogen-bond acceptors (Lipinski definition) is 3. The van der Waals surface area contributed by atoms with E-state index >= 15 is 0 Å². The van der Waals surface area contributed by atoms with Crippen molar-refractivity contribution in [1.29, 1.82) is 0 Å². The molecule has 2 fully saturated rings. The second-order valence-electron chi connectivity index (χ2n) is 4.96. The third kappa shape index (κ3) is 2.23. The minimum absolute atomic E-state index is 0.202. The molecule has 1 heterocycles. The Morgan fingerprint density at radius 3 is 2.50 bits per heavy atom. The molecule has 2 rings (SSSR count). The van der Waals surface area contributed by atoms with Gasteiger partial charge in [0.15, 0.2) is 0 Å². The molecule has 16 heavy (non-hydrogen) atoms. The predicted octanol–water partition coefficient (Wildman–Crippen LogP) is 0.625. The van der Waals surface area contributed by atoms with E-state index in [1.165, 1.54) is 12.8 Å². The largest absolute Gasteiger partial charge is 0.384 e. The summed E-state index contributed by atoms with van der Waals surface area (Å²) in [6.07, 6.45) is 4.34. The van der Waals surface area contributed by atoms with Crippen molar-refractivity contribution < 1.29 is 9.53 Å². The number of amides is 1. The highest BCUT2D eigenvalue weighted by Gasteiger charge is 2.43. The average Bonchev–Trinajstić information content (AvgIpc) is 2.80. The van der Waals surface area contributed by atoms with Crippen molar-refractivity contribution >= 4 is 5.91 Å². The van der Waals surface area contributed by atoms with Crippen LogP contribution >= 0.6 is 0 Å². The Morgan fingerprint density at radius 2 is 1.94 bits per heavy atom. The normalized spacial score (nSPS) is 24.7. The monoisotopic (exact) mass is 226 g/mol. The van der Waals surface area contributed by atoms with E-state index in [0.29, 0.717) is 12.5 Å². The molecule has 1 amide bonds. The molecule has 0 bridgehead atoms. The summed E-state index contributed by atoms with van der Waals surface area (Å²) < 4.78 is 5.28. The van der Waals surface area contributed by atoms with E-state index in [1.54, 1.807) is 7.11 Å². The molecule has 0 unspecified atom stereocenters. The molecule has 1 N–H and O–H groups in total. The lowest BCUT2D eigenvalue weighted by molar-refractivity contribution is -0.145. The SMILES string of the molecule is COCC1(C(=O)N2CCNCC2)CCCC1. The smallest absolute Gasteiger partial charge is 0.231 e. The first-order chi connectivity index (χ1) is 7.78. The maximum Gasteiger partial charge on any atom is 0.231 e. The van der Waals surface area contributed by atoms with Crippen molar-refractivity contribution in [3.8, 4) is 0 Å². The maximum atomic E-state index is 12.5. The van der Waals surface area contributed by atoms with Crippen molar-refractivity contribution in [2.75, 3.05) is 39.9 Å². The summed E-state index contributed by atoms with van der Waals surface area (Å²) in [5, 5.41) is 3.28. The lowest BCUT2D eigenvalue weighted by Crippen LogP contribution is -2.52. The minimum atomic E-state index is -0.202. The molecular weight excluding hydrogens is 204 g/mol. The van der Waals surface area contributed by atoms with E-state index in [9.17, 15) is 4.79 Å². The first-order valence-corrected chi connectivity index (χ1v) is 6.27. The van der Waals surface area contributed by atoms with E-state index in [0.717, 1.165) is 39.0 Å². The maximum absolute atomic E-state index is 12.5. The van der Waals surface area contributed by atoms with Gasteiger partial charge in [0.1, 0.15) is 0 Å². The van der Waals surface area contributed by atoms with Crippen LogP contribution in [0.25, 0.3) is 0 Å². The second-order valence-corrected chi connectivity index (χ2v) is 4.96. The van der Waals surface area contributed by atoms with Crippen LogP contribution in [0.15, 0.2) is 0 Å². The van der Waals surface area contributed by atoms with Crippen molar-refractivity contribution in [2.24, 2.45) is 5.41 Å². The molecule has 4 heteroatoms. The molecule has 0 radical (unpaired) electrons. The van der Waals surface area contributed by atoms with Crippen molar-refractivity contribution in [2.45, 2.75) is 25.7 Å². The number of nitrogens with one attached hydrogen (secondary N) is 1. The van der Waals surface area contributed by atoms with Gasteiger partial charge in [0.25, 0.3) is 0 Å². The van der Waals surface area contributed by atoms with E-state index in [-0.39, 0.29) is 5.41 Å². The second kappa shape index (κ2) is 5.15. The lowest BCUT2D eigenvalue weighted by Gasteiger charge is -2.36. The standard InChI is InChI=1S/C12H22N2O2/c1-16-10-12(4-2-3-5-12)11(15)14-8-6-13-7-9-14/h13H,2-10H2,1H3. The summed E-state index contributed by atoms with van der Waals surface area (Å²) in [5.74, 6) is 0.327. The highest BCUT2D eigenvalue weighted by Crippen LogP contribution is 2.40. The van der Waals surface area contributed by atoms with Crippen molar-refractivity contribution in [3.63, 3.8) is 0 Å². The zero-order valence-corrected chi connectivity index (χ0v) is 10.1. The van der Waals surface area contributed by atoms with Gasteiger partial charge in [-0.05, 0) is 12.8 Å². The van der Waals surface area contributed by atoms with Gasteiger partial charge in [-0.2, -0.15) is 0 Å². The summed E-state index contributed by atoms with van der Waals surface area (Å²) in [4.78, 5) is 14.5. The third-order valence-electron chi connectivity index (χ3n) is 3.84. The molecule has 0 aromatic heterocycles. The van der Waals surface area contributed by atoms with Gasteiger partial charge in [-0.25, -0.2) is 0 Å². The van der Waals surface area contributed by atoms with Gasteiger partial charge in [0.2, 0.25) is 5.91 Å². The number of rotatable bonds is 3. The Labute approximate surface area is 97.3 Å². The van der Waals surface area contributed by atoms with Crippen LogP contribution in [0.2, 0.25) is 0 Å². The van der Waals surface area contributed by atoms with E-state index in [1.807, 2.05) is 4.90 Å². The fourth-order valence-corrected chi connectivity index (χ4v) is 2.95. The minimum Gasteiger partial charge on any atom is -0.384 e. The Balaban J connectivity index is 2.04. The van der Waals surface area contributed by atoms with Crippen LogP contribution in [0.1, 0.15) is 25.7 Å². The van der Waals surface area contributed by atoms with Crippen LogP contribution in [0.3, 0.4) is 0 Å². The fraction of sp³-hybridized carbons (Fsp3) is 0.917. The summed E-state index contributed by atoms with van der Waals surface area (Å²) in [6.45, 7) is 4.15. The number of ether oxygens (including phenoxy) is 1. The van der Waals surface area contributed by atoms with Crippen LogP contribution in [-0.4, -0.2) is 50.7 Å². The highest BCUT2D eigenvalue weighted by atomic mass is 16.5.